The zero-order valence-corrected chi connectivity index (χ0v) is 6.16. The van der Waals surface area contributed by atoms with Gasteiger partial charge in [0.25, 0.3) is 0 Å². The maximum atomic E-state index is 5.57. The number of aromatic nitrogens is 1. The monoisotopic (exact) mass is 141 g/mol. The van der Waals surface area contributed by atoms with E-state index >= 15 is 0 Å². The van der Waals surface area contributed by atoms with Crippen LogP contribution in [0.5, 0.6) is 0 Å². The number of hydrogen-bond acceptors (Lipinski definition) is 3. The number of rotatable bonds is 1. The summed E-state index contributed by atoms with van der Waals surface area (Å²) in [6.07, 6.45) is 0.691. The van der Waals surface area contributed by atoms with E-state index in [2.05, 4.69) is 11.9 Å². The highest BCUT2D eigenvalue weighted by atomic mass is 32.1. The van der Waals surface area contributed by atoms with Crippen molar-refractivity contribution in [2.45, 2.75) is 13.3 Å². The predicted molar refractivity (Wildman–Crippen MR) is 40.3 cm³/mol. The van der Waals surface area contributed by atoms with Crippen LogP contribution < -0.4 is 5.73 Å². The van der Waals surface area contributed by atoms with E-state index in [0.717, 1.165) is 15.7 Å². The lowest BCUT2D eigenvalue weighted by Crippen LogP contribution is -1.87. The van der Waals surface area contributed by atoms with Gasteiger partial charge in [0.2, 0.25) is 0 Å². The van der Waals surface area contributed by atoms with Gasteiger partial charge in [-0.2, -0.15) is 0 Å². The van der Waals surface area contributed by atoms with Gasteiger partial charge in [-0.05, 0) is 20.3 Å². The molecule has 0 bridgehead atoms. The number of hydrogen-bond donors (Lipinski definition) is 1. The summed E-state index contributed by atoms with van der Waals surface area (Å²) >= 11 is 1.52. The Bertz CT molecular complexity index is 205. The molecule has 1 rings (SSSR count). The third kappa shape index (κ3) is 1.21. The molecule has 0 spiro atoms. The van der Waals surface area contributed by atoms with Gasteiger partial charge in [-0.15, -0.1) is 11.3 Å². The molecular weight excluding hydrogens is 132 g/mol. The van der Waals surface area contributed by atoms with E-state index in [9.17, 15) is 0 Å². The van der Waals surface area contributed by atoms with Crippen LogP contribution in [0.4, 0.5) is 5.00 Å². The number of nitrogen functional groups attached to an aromatic ring is 1. The minimum absolute atomic E-state index is 0.691. The first-order valence-corrected chi connectivity index (χ1v) is 3.56. The van der Waals surface area contributed by atoms with Crippen LogP contribution in [0, 0.1) is 13.8 Å². The van der Waals surface area contributed by atoms with E-state index in [4.69, 9.17) is 5.73 Å². The fourth-order valence-electron chi connectivity index (χ4n) is 0.665. The Balaban J connectivity index is 3.01. The van der Waals surface area contributed by atoms with Gasteiger partial charge in [0.05, 0.1) is 10.7 Å². The average Bonchev–Trinajstić information content (AvgIpc) is 2.10. The molecule has 1 aromatic heterocycles. The summed E-state index contributed by atoms with van der Waals surface area (Å²) in [7, 11) is 0. The van der Waals surface area contributed by atoms with E-state index in [1.807, 2.05) is 6.92 Å². The summed E-state index contributed by atoms with van der Waals surface area (Å²) < 4.78 is 0. The summed E-state index contributed by atoms with van der Waals surface area (Å²) in [5.41, 5.74) is 6.50. The zero-order valence-electron chi connectivity index (χ0n) is 5.35. The van der Waals surface area contributed by atoms with Crippen molar-refractivity contribution >= 4 is 16.3 Å². The summed E-state index contributed by atoms with van der Waals surface area (Å²) in [5.74, 6) is 0. The van der Waals surface area contributed by atoms with Crippen LogP contribution in [0.25, 0.3) is 0 Å². The van der Waals surface area contributed by atoms with Crippen molar-refractivity contribution in [1.82, 2.24) is 4.98 Å². The van der Waals surface area contributed by atoms with Crippen LogP contribution in [-0.4, -0.2) is 4.98 Å². The summed E-state index contributed by atoms with van der Waals surface area (Å²) in [4.78, 5) is 4.16. The summed E-state index contributed by atoms with van der Waals surface area (Å²) in [6, 6.07) is 0. The highest BCUT2D eigenvalue weighted by molar-refractivity contribution is 7.15. The van der Waals surface area contributed by atoms with Crippen molar-refractivity contribution in [1.29, 1.82) is 0 Å². The molecular formula is C6H9N2S. The Morgan fingerprint density at radius 3 is 2.67 bits per heavy atom. The molecule has 0 aliphatic carbocycles. The second kappa shape index (κ2) is 2.35. The minimum atomic E-state index is 0.691. The van der Waals surface area contributed by atoms with Crippen molar-refractivity contribution in [3.63, 3.8) is 0 Å². The topological polar surface area (TPSA) is 38.9 Å². The summed E-state index contributed by atoms with van der Waals surface area (Å²) in [5, 5.41) is 1.83. The van der Waals surface area contributed by atoms with Crippen LogP contribution in [0.3, 0.4) is 0 Å². The van der Waals surface area contributed by atoms with Crippen LogP contribution in [0.15, 0.2) is 0 Å². The first-order valence-electron chi connectivity index (χ1n) is 2.75. The predicted octanol–water partition coefficient (Wildman–Crippen LogP) is 1.41. The van der Waals surface area contributed by atoms with Crippen LogP contribution in [0.1, 0.15) is 10.7 Å². The lowest BCUT2D eigenvalue weighted by molar-refractivity contribution is 1.12. The third-order valence-corrected chi connectivity index (χ3v) is 1.91. The molecule has 0 aliphatic rings. The Kier molecular flexibility index (Phi) is 1.71. The maximum Gasteiger partial charge on any atom is 0.109 e. The van der Waals surface area contributed by atoms with Crippen molar-refractivity contribution < 1.29 is 0 Å². The lowest BCUT2D eigenvalue weighted by atomic mass is 10.4. The second-order valence-electron chi connectivity index (χ2n) is 1.79. The molecule has 0 aliphatic heterocycles. The van der Waals surface area contributed by atoms with Gasteiger partial charge in [0.1, 0.15) is 5.00 Å². The van der Waals surface area contributed by atoms with Crippen LogP contribution in [-0.2, 0) is 6.42 Å². The SMILES string of the molecule is [CH2]Cc1nc(C)sc1N. The van der Waals surface area contributed by atoms with E-state index in [1.54, 1.807) is 0 Å². The number of nitrogens with zero attached hydrogens (tertiary/aromatic N) is 1. The first-order chi connectivity index (χ1) is 4.24. The Hall–Kier alpha value is -0.570. The number of anilines is 1. The normalized spacial score (nSPS) is 10.0. The van der Waals surface area contributed by atoms with Crippen LogP contribution in [0.2, 0.25) is 0 Å². The second-order valence-corrected chi connectivity index (χ2v) is 3.03. The van der Waals surface area contributed by atoms with Gasteiger partial charge in [-0.3, -0.25) is 0 Å². The van der Waals surface area contributed by atoms with Crippen molar-refractivity contribution in [2.24, 2.45) is 0 Å². The zero-order chi connectivity index (χ0) is 6.85. The van der Waals surface area contributed by atoms with Gasteiger partial charge >= 0.3 is 0 Å². The number of nitrogens with two attached hydrogens (primary N) is 1. The first kappa shape index (κ1) is 6.55. The van der Waals surface area contributed by atoms with E-state index < -0.39 is 0 Å². The molecule has 3 heteroatoms. The highest BCUT2D eigenvalue weighted by Gasteiger charge is 2.00. The van der Waals surface area contributed by atoms with Gasteiger partial charge < -0.3 is 5.73 Å². The molecule has 0 atom stereocenters. The molecule has 0 amide bonds. The molecule has 1 radical (unpaired) electrons. The molecule has 1 heterocycles. The molecule has 9 heavy (non-hydrogen) atoms. The van der Waals surface area contributed by atoms with E-state index in [0.29, 0.717) is 6.42 Å². The molecule has 2 N–H and O–H groups in total. The fraction of sp³-hybridized carbons (Fsp3) is 0.333. The quantitative estimate of drug-likeness (QED) is 0.642. The average molecular weight is 141 g/mol. The lowest BCUT2D eigenvalue weighted by Gasteiger charge is -1.86. The van der Waals surface area contributed by atoms with Gasteiger partial charge in [-0.1, -0.05) is 0 Å². The fourth-order valence-corrected chi connectivity index (χ4v) is 1.40. The number of aryl methyl sites for hydroxylation is 1. The largest absolute Gasteiger partial charge is 0.389 e. The van der Waals surface area contributed by atoms with Crippen molar-refractivity contribution in [3.05, 3.63) is 17.6 Å². The molecule has 0 saturated heterocycles. The molecule has 2 nitrogen and oxygen atoms in total. The third-order valence-electron chi connectivity index (χ3n) is 1.07. The Morgan fingerprint density at radius 1 is 1.78 bits per heavy atom. The highest BCUT2D eigenvalue weighted by Crippen LogP contribution is 2.19. The van der Waals surface area contributed by atoms with Crippen molar-refractivity contribution in [3.8, 4) is 0 Å². The molecule has 0 saturated carbocycles. The Labute approximate surface area is 58.7 Å². The van der Waals surface area contributed by atoms with Crippen LogP contribution >= 0.6 is 11.3 Å². The molecule has 1 aromatic rings. The van der Waals surface area contributed by atoms with Gasteiger partial charge in [-0.25, -0.2) is 4.98 Å². The maximum absolute atomic E-state index is 5.57. The molecule has 0 aromatic carbocycles. The molecule has 0 unspecified atom stereocenters. The number of thiazole rings is 1. The Morgan fingerprint density at radius 2 is 2.44 bits per heavy atom. The molecule has 0 fully saturated rings. The summed E-state index contributed by atoms with van der Waals surface area (Å²) in [6.45, 7) is 5.64. The molecule has 49 valence electrons. The van der Waals surface area contributed by atoms with Crippen molar-refractivity contribution in [2.75, 3.05) is 5.73 Å². The van der Waals surface area contributed by atoms with Gasteiger partial charge in [0.15, 0.2) is 0 Å². The smallest absolute Gasteiger partial charge is 0.109 e. The van der Waals surface area contributed by atoms with E-state index in [-0.39, 0.29) is 0 Å². The van der Waals surface area contributed by atoms with Gasteiger partial charge in [0, 0.05) is 0 Å². The standard InChI is InChI=1S/C6H9N2S/c1-3-5-6(7)9-4(2)8-5/h1,3,7H2,2H3. The minimum Gasteiger partial charge on any atom is -0.389 e. The van der Waals surface area contributed by atoms with E-state index in [1.165, 1.54) is 11.3 Å².